The van der Waals surface area contributed by atoms with Crippen LogP contribution in [0, 0.1) is 5.92 Å². The first kappa shape index (κ1) is 16.2. The van der Waals surface area contributed by atoms with Gasteiger partial charge in [-0.3, -0.25) is 9.69 Å². The van der Waals surface area contributed by atoms with Crippen LogP contribution in [0.3, 0.4) is 0 Å². The lowest BCUT2D eigenvalue weighted by Gasteiger charge is -2.24. The summed E-state index contributed by atoms with van der Waals surface area (Å²) < 4.78 is 4.94. The Kier molecular flexibility index (Phi) is 7.75. The monoisotopic (exact) mass is 269 g/mol. The molecule has 1 aliphatic rings. The molecule has 0 aromatic carbocycles. The van der Waals surface area contributed by atoms with Gasteiger partial charge in [0.05, 0.1) is 19.3 Å². The molecule has 1 N–H and O–H groups in total. The van der Waals surface area contributed by atoms with Crippen LogP contribution >= 0.6 is 0 Å². The van der Waals surface area contributed by atoms with Gasteiger partial charge in [-0.05, 0) is 19.3 Å². The Balaban J connectivity index is 2.33. The topological polar surface area (TPSA) is 49.8 Å². The smallest absolute Gasteiger partial charge is 0.320 e. The third-order valence-corrected chi connectivity index (χ3v) is 3.59. The molecule has 0 heterocycles. The van der Waals surface area contributed by atoms with E-state index >= 15 is 0 Å². The lowest BCUT2D eigenvalue weighted by atomic mass is 10.00. The van der Waals surface area contributed by atoms with Crippen LogP contribution in [0.1, 0.15) is 39.0 Å². The largest absolute Gasteiger partial charge is 0.465 e. The van der Waals surface area contributed by atoms with E-state index in [9.17, 15) is 9.90 Å². The summed E-state index contributed by atoms with van der Waals surface area (Å²) in [7, 11) is 0. The van der Waals surface area contributed by atoms with Gasteiger partial charge in [-0.25, -0.2) is 0 Å². The Labute approximate surface area is 116 Å². The molecule has 0 saturated heterocycles. The highest BCUT2D eigenvalue weighted by atomic mass is 16.5. The predicted octanol–water partition coefficient (Wildman–Crippen LogP) is 1.98. The Bertz CT molecular complexity index is 275. The van der Waals surface area contributed by atoms with Crippen LogP contribution in [-0.2, 0) is 9.53 Å². The molecular formula is C15H27NO3. The number of nitrogens with zero attached hydrogens (tertiary/aromatic N) is 1. The average Bonchev–Trinajstić information content (AvgIpc) is 2.82. The fourth-order valence-electron chi connectivity index (χ4n) is 2.78. The number of esters is 1. The zero-order chi connectivity index (χ0) is 14.1. The summed E-state index contributed by atoms with van der Waals surface area (Å²) in [4.78, 5) is 13.4. The SMILES string of the molecule is C=CCN(CC(=O)OCC)CC(O)CC1CCCC1. The van der Waals surface area contributed by atoms with Crippen molar-refractivity contribution in [3.8, 4) is 0 Å². The molecule has 4 heteroatoms. The predicted molar refractivity (Wildman–Crippen MR) is 75.9 cm³/mol. The van der Waals surface area contributed by atoms with E-state index in [1.165, 1.54) is 25.7 Å². The van der Waals surface area contributed by atoms with E-state index in [0.717, 1.165) is 6.42 Å². The Morgan fingerprint density at radius 1 is 1.53 bits per heavy atom. The Morgan fingerprint density at radius 2 is 2.21 bits per heavy atom. The quantitative estimate of drug-likeness (QED) is 0.513. The fraction of sp³-hybridized carbons (Fsp3) is 0.800. The van der Waals surface area contributed by atoms with Crippen LogP contribution in [0.5, 0.6) is 0 Å². The molecule has 0 aromatic rings. The van der Waals surface area contributed by atoms with Gasteiger partial charge >= 0.3 is 5.97 Å². The number of rotatable bonds is 9. The molecule has 0 radical (unpaired) electrons. The number of hydrogen-bond acceptors (Lipinski definition) is 4. The second kappa shape index (κ2) is 9.10. The molecule has 1 aliphatic carbocycles. The normalized spacial score (nSPS) is 17.6. The molecule has 110 valence electrons. The average molecular weight is 269 g/mol. The maximum absolute atomic E-state index is 11.5. The summed E-state index contributed by atoms with van der Waals surface area (Å²) in [6.45, 7) is 7.22. The Hall–Kier alpha value is -0.870. The number of aliphatic hydroxyl groups is 1. The van der Waals surface area contributed by atoms with Crippen LogP contribution in [0.25, 0.3) is 0 Å². The van der Waals surface area contributed by atoms with Gasteiger partial charge in [-0.1, -0.05) is 31.8 Å². The molecule has 0 aromatic heterocycles. The fourth-order valence-corrected chi connectivity index (χ4v) is 2.78. The summed E-state index contributed by atoms with van der Waals surface area (Å²) >= 11 is 0. The number of carbonyl (C=O) groups is 1. The van der Waals surface area contributed by atoms with Crippen molar-refractivity contribution in [1.82, 2.24) is 4.90 Å². The van der Waals surface area contributed by atoms with E-state index in [4.69, 9.17) is 4.74 Å². The molecule has 1 fully saturated rings. The molecule has 1 unspecified atom stereocenters. The molecule has 0 bridgehead atoms. The molecule has 0 amide bonds. The van der Waals surface area contributed by atoms with Crippen molar-refractivity contribution in [3.63, 3.8) is 0 Å². The summed E-state index contributed by atoms with van der Waals surface area (Å²) in [6.07, 6.45) is 7.27. The number of ether oxygens (including phenoxy) is 1. The molecule has 1 atom stereocenters. The highest BCUT2D eigenvalue weighted by Crippen LogP contribution is 2.28. The van der Waals surface area contributed by atoms with Gasteiger partial charge in [0.25, 0.3) is 0 Å². The molecule has 4 nitrogen and oxygen atoms in total. The van der Waals surface area contributed by atoms with Gasteiger partial charge in [0.1, 0.15) is 0 Å². The van der Waals surface area contributed by atoms with Crippen molar-refractivity contribution in [3.05, 3.63) is 12.7 Å². The molecule has 0 spiro atoms. The van der Waals surface area contributed by atoms with E-state index in [2.05, 4.69) is 6.58 Å². The van der Waals surface area contributed by atoms with E-state index in [0.29, 0.717) is 25.6 Å². The van der Waals surface area contributed by atoms with Crippen molar-refractivity contribution < 1.29 is 14.6 Å². The minimum absolute atomic E-state index is 0.224. The molecule has 1 saturated carbocycles. The van der Waals surface area contributed by atoms with Gasteiger partial charge in [-0.15, -0.1) is 6.58 Å². The van der Waals surface area contributed by atoms with Gasteiger partial charge in [0, 0.05) is 13.1 Å². The molecule has 19 heavy (non-hydrogen) atoms. The summed E-state index contributed by atoms with van der Waals surface area (Å²) in [5.74, 6) is 0.417. The number of hydrogen-bond donors (Lipinski definition) is 1. The van der Waals surface area contributed by atoms with Crippen molar-refractivity contribution in [2.24, 2.45) is 5.92 Å². The zero-order valence-electron chi connectivity index (χ0n) is 12.0. The Morgan fingerprint density at radius 3 is 2.79 bits per heavy atom. The molecular weight excluding hydrogens is 242 g/mol. The van der Waals surface area contributed by atoms with E-state index in [-0.39, 0.29) is 18.6 Å². The lowest BCUT2D eigenvalue weighted by molar-refractivity contribution is -0.144. The van der Waals surface area contributed by atoms with E-state index in [1.807, 2.05) is 4.90 Å². The van der Waals surface area contributed by atoms with Gasteiger partial charge < -0.3 is 9.84 Å². The van der Waals surface area contributed by atoms with Crippen LogP contribution in [-0.4, -0.2) is 48.3 Å². The number of carbonyl (C=O) groups excluding carboxylic acids is 1. The van der Waals surface area contributed by atoms with Gasteiger partial charge in [0.15, 0.2) is 0 Å². The lowest BCUT2D eigenvalue weighted by Crippen LogP contribution is -2.37. The summed E-state index contributed by atoms with van der Waals surface area (Å²) in [6, 6.07) is 0. The minimum atomic E-state index is -0.363. The van der Waals surface area contributed by atoms with Crippen LogP contribution < -0.4 is 0 Å². The molecule has 1 rings (SSSR count). The third-order valence-electron chi connectivity index (χ3n) is 3.59. The minimum Gasteiger partial charge on any atom is -0.465 e. The van der Waals surface area contributed by atoms with Crippen LogP contribution in [0.4, 0.5) is 0 Å². The first-order valence-corrected chi connectivity index (χ1v) is 7.32. The first-order valence-electron chi connectivity index (χ1n) is 7.32. The highest BCUT2D eigenvalue weighted by molar-refractivity contribution is 5.71. The second-order valence-electron chi connectivity index (χ2n) is 5.33. The standard InChI is InChI=1S/C15H27NO3/c1-3-9-16(12-15(18)19-4-2)11-14(17)10-13-7-5-6-8-13/h3,13-14,17H,1,4-12H2,2H3. The maximum atomic E-state index is 11.5. The zero-order valence-corrected chi connectivity index (χ0v) is 12.0. The van der Waals surface area contributed by atoms with Crippen LogP contribution in [0.15, 0.2) is 12.7 Å². The maximum Gasteiger partial charge on any atom is 0.320 e. The van der Waals surface area contributed by atoms with Gasteiger partial charge in [-0.2, -0.15) is 0 Å². The first-order chi connectivity index (χ1) is 9.15. The summed E-state index contributed by atoms with van der Waals surface area (Å²) in [5.41, 5.74) is 0. The number of aliphatic hydroxyl groups excluding tert-OH is 1. The van der Waals surface area contributed by atoms with E-state index < -0.39 is 0 Å². The van der Waals surface area contributed by atoms with Crippen molar-refractivity contribution in [2.75, 3.05) is 26.2 Å². The van der Waals surface area contributed by atoms with E-state index in [1.54, 1.807) is 13.0 Å². The summed E-state index contributed by atoms with van der Waals surface area (Å²) in [5, 5.41) is 10.1. The third kappa shape index (κ3) is 6.73. The van der Waals surface area contributed by atoms with Gasteiger partial charge in [0.2, 0.25) is 0 Å². The highest BCUT2D eigenvalue weighted by Gasteiger charge is 2.21. The second-order valence-corrected chi connectivity index (χ2v) is 5.33. The van der Waals surface area contributed by atoms with Crippen molar-refractivity contribution in [1.29, 1.82) is 0 Å². The molecule has 0 aliphatic heterocycles. The van der Waals surface area contributed by atoms with Crippen molar-refractivity contribution >= 4 is 5.97 Å². The van der Waals surface area contributed by atoms with Crippen molar-refractivity contribution in [2.45, 2.75) is 45.1 Å². The van der Waals surface area contributed by atoms with Crippen LogP contribution in [0.2, 0.25) is 0 Å².